The van der Waals surface area contributed by atoms with Crippen LogP contribution in [0.2, 0.25) is 0 Å². The highest BCUT2D eigenvalue weighted by Crippen LogP contribution is 2.49. The minimum atomic E-state index is 0.500. The Kier molecular flexibility index (Phi) is 7.80. The summed E-state index contributed by atoms with van der Waals surface area (Å²) in [6.45, 7) is 14.2. The first kappa shape index (κ1) is 21.5. The van der Waals surface area contributed by atoms with E-state index in [1.54, 1.807) is 22.3 Å². The molecule has 0 aromatic heterocycles. The highest BCUT2D eigenvalue weighted by molar-refractivity contribution is 5.39. The molecule has 0 amide bonds. The average Bonchev–Trinajstić information content (AvgIpc) is 3.29. The van der Waals surface area contributed by atoms with Crippen molar-refractivity contribution in [2.24, 2.45) is 10.8 Å². The zero-order chi connectivity index (χ0) is 19.2. The van der Waals surface area contributed by atoms with E-state index in [0.29, 0.717) is 5.41 Å². The second-order valence-corrected chi connectivity index (χ2v) is 10.6. The Morgan fingerprint density at radius 1 is 0.769 bits per heavy atom. The van der Waals surface area contributed by atoms with Crippen molar-refractivity contribution < 1.29 is 0 Å². The summed E-state index contributed by atoms with van der Waals surface area (Å²) in [5.41, 5.74) is 7.53. The number of aryl methyl sites for hydroxylation is 2. The fourth-order valence-corrected chi connectivity index (χ4v) is 4.13. The summed E-state index contributed by atoms with van der Waals surface area (Å²) in [7, 11) is 0. The van der Waals surface area contributed by atoms with Crippen LogP contribution < -0.4 is 0 Å². The minimum absolute atomic E-state index is 0.500. The van der Waals surface area contributed by atoms with Crippen LogP contribution in [0.3, 0.4) is 0 Å². The maximum Gasteiger partial charge on any atom is -0.0276 e. The zero-order valence-electron chi connectivity index (χ0n) is 18.6. The smallest absolute Gasteiger partial charge is 0.0276 e. The molecule has 1 aliphatic rings. The van der Waals surface area contributed by atoms with Crippen LogP contribution in [0.5, 0.6) is 0 Å². The quantitative estimate of drug-likeness (QED) is 0.349. The van der Waals surface area contributed by atoms with E-state index in [0.717, 1.165) is 5.41 Å². The first-order chi connectivity index (χ1) is 12.2. The van der Waals surface area contributed by atoms with E-state index in [1.165, 1.54) is 77.0 Å². The molecule has 0 saturated heterocycles. The lowest BCUT2D eigenvalue weighted by molar-refractivity contribution is 0.357. The van der Waals surface area contributed by atoms with Crippen LogP contribution in [-0.2, 0) is 12.8 Å². The molecular formula is C26H44. The molecule has 148 valence electrons. The summed E-state index contributed by atoms with van der Waals surface area (Å²) in [5, 5.41) is 0. The van der Waals surface area contributed by atoms with Crippen LogP contribution in [-0.4, -0.2) is 0 Å². The molecule has 0 spiro atoms. The van der Waals surface area contributed by atoms with Gasteiger partial charge in [0, 0.05) is 0 Å². The average molecular weight is 357 g/mol. The van der Waals surface area contributed by atoms with Gasteiger partial charge in [-0.3, -0.25) is 0 Å². The van der Waals surface area contributed by atoms with Crippen LogP contribution in [0, 0.1) is 24.7 Å². The van der Waals surface area contributed by atoms with Crippen LogP contribution in [0.4, 0.5) is 0 Å². The van der Waals surface area contributed by atoms with Gasteiger partial charge in [-0.2, -0.15) is 0 Å². The number of hydrogen-bond donors (Lipinski definition) is 0. The third-order valence-corrected chi connectivity index (χ3v) is 6.71. The molecule has 0 heterocycles. The Morgan fingerprint density at radius 3 is 1.77 bits per heavy atom. The molecule has 0 aliphatic heterocycles. The Labute approximate surface area is 164 Å². The van der Waals surface area contributed by atoms with Crippen LogP contribution >= 0.6 is 0 Å². The number of hydrogen-bond acceptors (Lipinski definition) is 0. The molecule has 0 N–H and O–H groups in total. The molecule has 1 aliphatic carbocycles. The predicted molar refractivity (Wildman–Crippen MR) is 117 cm³/mol. The minimum Gasteiger partial charge on any atom is -0.0602 e. The summed E-state index contributed by atoms with van der Waals surface area (Å²) < 4.78 is 0. The molecule has 0 heteroatoms. The van der Waals surface area contributed by atoms with Gasteiger partial charge in [0.2, 0.25) is 0 Å². The van der Waals surface area contributed by atoms with Gasteiger partial charge >= 0.3 is 0 Å². The van der Waals surface area contributed by atoms with Crippen molar-refractivity contribution in [3.63, 3.8) is 0 Å². The van der Waals surface area contributed by atoms with E-state index in [4.69, 9.17) is 0 Å². The zero-order valence-corrected chi connectivity index (χ0v) is 18.6. The van der Waals surface area contributed by atoms with Crippen molar-refractivity contribution in [1.82, 2.24) is 0 Å². The monoisotopic (exact) mass is 356 g/mol. The molecule has 1 aromatic rings. The Morgan fingerprint density at radius 2 is 1.27 bits per heavy atom. The second-order valence-electron chi connectivity index (χ2n) is 10.6. The highest BCUT2D eigenvalue weighted by atomic mass is 14.4. The fraction of sp³-hybridized carbons (Fsp3) is 0.769. The summed E-state index contributed by atoms with van der Waals surface area (Å²) in [6.07, 6.45) is 16.6. The van der Waals surface area contributed by atoms with E-state index in [-0.39, 0.29) is 0 Å². The van der Waals surface area contributed by atoms with Gasteiger partial charge in [0.1, 0.15) is 0 Å². The van der Waals surface area contributed by atoms with E-state index >= 15 is 0 Å². The lowest BCUT2D eigenvalue weighted by Gasteiger charge is -2.17. The molecule has 1 aromatic carbocycles. The Hall–Kier alpha value is -0.780. The van der Waals surface area contributed by atoms with Crippen LogP contribution in [0.15, 0.2) is 12.1 Å². The molecule has 0 bridgehead atoms. The van der Waals surface area contributed by atoms with Crippen LogP contribution in [0.1, 0.15) is 114 Å². The van der Waals surface area contributed by atoms with Gasteiger partial charge in [-0.1, -0.05) is 65.5 Å². The molecule has 0 unspecified atom stereocenters. The second kappa shape index (κ2) is 9.43. The largest absolute Gasteiger partial charge is 0.0602 e. The third-order valence-electron chi connectivity index (χ3n) is 6.71. The SMILES string of the molecule is Cc1c(CCCCCCC(C)(C)C)ccc(CCCCC2(C)CC2)c1C. The highest BCUT2D eigenvalue weighted by Gasteiger charge is 2.35. The molecule has 0 atom stereocenters. The normalized spacial score (nSPS) is 16.1. The van der Waals surface area contributed by atoms with Gasteiger partial charge in [-0.15, -0.1) is 0 Å². The lowest BCUT2D eigenvalue weighted by atomic mass is 9.89. The number of benzene rings is 1. The first-order valence-corrected chi connectivity index (χ1v) is 11.3. The molecule has 1 saturated carbocycles. The van der Waals surface area contributed by atoms with Crippen molar-refractivity contribution >= 4 is 0 Å². The van der Waals surface area contributed by atoms with Gasteiger partial charge in [-0.05, 0) is 98.3 Å². The maximum atomic E-state index is 2.46. The predicted octanol–water partition coefficient (Wildman–Crippen LogP) is 8.36. The number of unbranched alkanes of at least 4 members (excludes halogenated alkanes) is 4. The van der Waals surface area contributed by atoms with Gasteiger partial charge in [0.05, 0.1) is 0 Å². The van der Waals surface area contributed by atoms with E-state index in [1.807, 2.05) is 0 Å². The van der Waals surface area contributed by atoms with E-state index < -0.39 is 0 Å². The summed E-state index contributed by atoms with van der Waals surface area (Å²) in [4.78, 5) is 0. The summed E-state index contributed by atoms with van der Waals surface area (Å²) in [5.74, 6) is 0. The van der Waals surface area contributed by atoms with Crippen molar-refractivity contribution in [2.45, 2.75) is 119 Å². The van der Waals surface area contributed by atoms with Crippen LogP contribution in [0.25, 0.3) is 0 Å². The first-order valence-electron chi connectivity index (χ1n) is 11.3. The number of rotatable bonds is 11. The molecule has 2 rings (SSSR count). The van der Waals surface area contributed by atoms with Crippen molar-refractivity contribution in [3.05, 3.63) is 34.4 Å². The standard InChI is InChI=1S/C26H44/c1-21-22(2)24(14-10-12-18-26(6)19-20-26)16-15-23(21)13-9-7-8-11-17-25(3,4)5/h15-16H,7-14,17-20H2,1-6H3. The Bertz CT molecular complexity index is 554. The molecule has 26 heavy (non-hydrogen) atoms. The van der Waals surface area contributed by atoms with E-state index in [9.17, 15) is 0 Å². The fourth-order valence-electron chi connectivity index (χ4n) is 4.13. The Balaban J connectivity index is 1.70. The molecule has 0 nitrogen and oxygen atoms in total. The lowest BCUT2D eigenvalue weighted by Crippen LogP contribution is -2.04. The van der Waals surface area contributed by atoms with Gasteiger partial charge in [0.15, 0.2) is 0 Å². The molecule has 0 radical (unpaired) electrons. The van der Waals surface area contributed by atoms with Crippen molar-refractivity contribution in [1.29, 1.82) is 0 Å². The van der Waals surface area contributed by atoms with Crippen molar-refractivity contribution in [3.8, 4) is 0 Å². The van der Waals surface area contributed by atoms with Gasteiger partial charge in [-0.25, -0.2) is 0 Å². The summed E-state index contributed by atoms with van der Waals surface area (Å²) >= 11 is 0. The third kappa shape index (κ3) is 7.45. The summed E-state index contributed by atoms with van der Waals surface area (Å²) in [6, 6.07) is 4.85. The van der Waals surface area contributed by atoms with E-state index in [2.05, 4.69) is 53.7 Å². The molecule has 1 fully saturated rings. The topological polar surface area (TPSA) is 0 Å². The maximum absolute atomic E-state index is 2.46. The van der Waals surface area contributed by atoms with Gasteiger partial charge in [0.25, 0.3) is 0 Å². The van der Waals surface area contributed by atoms with Crippen molar-refractivity contribution in [2.75, 3.05) is 0 Å². The van der Waals surface area contributed by atoms with Gasteiger partial charge < -0.3 is 0 Å². The molecular weight excluding hydrogens is 312 g/mol.